The van der Waals surface area contributed by atoms with E-state index in [4.69, 9.17) is 14.2 Å². The third-order valence-electron chi connectivity index (χ3n) is 14.2. The first-order valence-electron chi connectivity index (χ1n) is 33.4. The van der Waals surface area contributed by atoms with Crippen LogP contribution in [0.15, 0.2) is 109 Å². The van der Waals surface area contributed by atoms with Crippen LogP contribution in [0, 0.1) is 0 Å². The first kappa shape index (κ1) is 75.1. The average Bonchev–Trinajstić information content (AvgIpc) is 3.45. The van der Waals surface area contributed by atoms with Crippen LogP contribution >= 0.6 is 0 Å². The number of allylic oxidation sites excluding steroid dienone is 18. The summed E-state index contributed by atoms with van der Waals surface area (Å²) in [6, 6.07) is 0. The van der Waals surface area contributed by atoms with E-state index in [9.17, 15) is 14.4 Å². The fourth-order valence-corrected chi connectivity index (χ4v) is 9.25. The molecular weight excluding hydrogens is 973 g/mol. The van der Waals surface area contributed by atoms with Crippen LogP contribution in [-0.4, -0.2) is 37.2 Å². The molecular formula is C73H124O6. The Morgan fingerprint density at radius 1 is 0.266 bits per heavy atom. The topological polar surface area (TPSA) is 78.9 Å². The van der Waals surface area contributed by atoms with Crippen LogP contribution in [0.5, 0.6) is 0 Å². The molecule has 0 radical (unpaired) electrons. The molecule has 0 aliphatic rings. The van der Waals surface area contributed by atoms with Crippen LogP contribution in [0.4, 0.5) is 0 Å². The Morgan fingerprint density at radius 3 is 0.835 bits per heavy atom. The Kier molecular flexibility index (Phi) is 63.3. The van der Waals surface area contributed by atoms with Gasteiger partial charge in [0.2, 0.25) is 0 Å². The molecule has 0 amide bonds. The minimum atomic E-state index is -0.807. The van der Waals surface area contributed by atoms with E-state index in [2.05, 4.69) is 130 Å². The maximum Gasteiger partial charge on any atom is 0.306 e. The molecule has 0 aromatic rings. The number of rotatable bonds is 60. The summed E-state index contributed by atoms with van der Waals surface area (Å²) >= 11 is 0. The van der Waals surface area contributed by atoms with Gasteiger partial charge in [0.1, 0.15) is 13.2 Å². The summed E-state index contributed by atoms with van der Waals surface area (Å²) < 4.78 is 16.9. The summed E-state index contributed by atoms with van der Waals surface area (Å²) in [5.74, 6) is -0.956. The smallest absolute Gasteiger partial charge is 0.306 e. The standard InChI is InChI=1S/C73H124O6/c1-4-7-10-13-16-19-22-25-28-31-33-34-35-36-37-38-40-42-45-48-51-54-57-60-63-66-72(75)78-69-70(68-77-71(74)65-62-59-56-53-50-47-44-41-30-27-24-21-18-15-12-9-6-3)79-73(76)67-64-61-58-55-52-49-46-43-39-32-29-26-23-20-17-14-11-8-5-2/h9,12,18,21-22,25-27,29-31,33,35-36,44,47,53,56,70H,4-8,10-11,13-17,19-20,23-24,28,32,34,37-43,45-46,48-52,54-55,57-69H2,1-3H3/b12-9-,21-18-,25-22-,29-26-,30-27-,33-31-,36-35-,47-44-,56-53-. The predicted molar refractivity (Wildman–Crippen MR) is 343 cm³/mol. The lowest BCUT2D eigenvalue weighted by Gasteiger charge is -2.18. The molecule has 0 fully saturated rings. The highest BCUT2D eigenvalue weighted by Gasteiger charge is 2.19. The summed E-state index contributed by atoms with van der Waals surface area (Å²) in [6.45, 7) is 6.49. The largest absolute Gasteiger partial charge is 0.462 e. The lowest BCUT2D eigenvalue weighted by molar-refractivity contribution is -0.167. The highest BCUT2D eigenvalue weighted by atomic mass is 16.6. The summed E-state index contributed by atoms with van der Waals surface area (Å²) in [5.41, 5.74) is 0. The van der Waals surface area contributed by atoms with Crippen molar-refractivity contribution in [2.24, 2.45) is 0 Å². The fourth-order valence-electron chi connectivity index (χ4n) is 9.25. The first-order chi connectivity index (χ1) is 39.0. The van der Waals surface area contributed by atoms with Crippen molar-refractivity contribution in [3.8, 4) is 0 Å². The second-order valence-corrected chi connectivity index (χ2v) is 22.0. The molecule has 0 heterocycles. The predicted octanol–water partition coefficient (Wildman–Crippen LogP) is 23.0. The van der Waals surface area contributed by atoms with Gasteiger partial charge in [0.05, 0.1) is 0 Å². The first-order valence-corrected chi connectivity index (χ1v) is 33.4. The van der Waals surface area contributed by atoms with Crippen molar-refractivity contribution >= 4 is 17.9 Å². The van der Waals surface area contributed by atoms with Gasteiger partial charge in [-0.3, -0.25) is 14.4 Å². The number of esters is 3. The van der Waals surface area contributed by atoms with Crippen LogP contribution in [0.1, 0.15) is 316 Å². The lowest BCUT2D eigenvalue weighted by Crippen LogP contribution is -2.30. The minimum Gasteiger partial charge on any atom is -0.462 e. The Labute approximate surface area is 489 Å². The Balaban J connectivity index is 4.42. The summed E-state index contributed by atoms with van der Waals surface area (Å²) in [5, 5.41) is 0. The zero-order chi connectivity index (χ0) is 57.1. The van der Waals surface area contributed by atoms with E-state index in [1.54, 1.807) is 0 Å². The fraction of sp³-hybridized carbons (Fsp3) is 0.712. The molecule has 0 aliphatic heterocycles. The van der Waals surface area contributed by atoms with Crippen molar-refractivity contribution in [3.63, 3.8) is 0 Å². The molecule has 0 aromatic carbocycles. The van der Waals surface area contributed by atoms with Gasteiger partial charge in [0.25, 0.3) is 0 Å². The van der Waals surface area contributed by atoms with E-state index in [0.29, 0.717) is 19.3 Å². The van der Waals surface area contributed by atoms with Crippen molar-refractivity contribution in [1.29, 1.82) is 0 Å². The van der Waals surface area contributed by atoms with E-state index in [-0.39, 0.29) is 37.5 Å². The Bertz CT molecular complexity index is 1590. The highest BCUT2D eigenvalue weighted by Crippen LogP contribution is 2.16. The van der Waals surface area contributed by atoms with Gasteiger partial charge >= 0.3 is 17.9 Å². The molecule has 0 aliphatic carbocycles. The molecule has 79 heavy (non-hydrogen) atoms. The van der Waals surface area contributed by atoms with E-state index in [1.807, 2.05) is 0 Å². The van der Waals surface area contributed by atoms with Crippen LogP contribution < -0.4 is 0 Å². The van der Waals surface area contributed by atoms with Crippen molar-refractivity contribution in [3.05, 3.63) is 109 Å². The summed E-state index contributed by atoms with van der Waals surface area (Å²) in [4.78, 5) is 38.4. The third kappa shape index (κ3) is 64.8. The van der Waals surface area contributed by atoms with Gasteiger partial charge < -0.3 is 14.2 Å². The molecule has 0 saturated carbocycles. The van der Waals surface area contributed by atoms with Gasteiger partial charge in [-0.2, -0.15) is 0 Å². The molecule has 0 spiro atoms. The van der Waals surface area contributed by atoms with E-state index in [1.165, 1.54) is 180 Å². The van der Waals surface area contributed by atoms with Gasteiger partial charge in [0.15, 0.2) is 6.10 Å². The maximum atomic E-state index is 12.9. The SMILES string of the molecule is CC/C=C\C/C=C\C/C=C\C/C=C\C/C=C\CCCC(=O)OCC(COC(=O)CCCCCCCCCCCC/C=C\C/C=C\C/C=C\CCCCCCC)OC(=O)CCCCCCCCCCC/C=C\CCCCCCCC. The van der Waals surface area contributed by atoms with Crippen LogP contribution in [0.3, 0.4) is 0 Å². The Hall–Kier alpha value is -3.93. The molecule has 0 rings (SSSR count). The molecule has 1 unspecified atom stereocenters. The van der Waals surface area contributed by atoms with Gasteiger partial charge in [-0.1, -0.05) is 284 Å². The maximum absolute atomic E-state index is 12.9. The number of carbonyl (C=O) groups excluding carboxylic acids is 3. The molecule has 1 atom stereocenters. The molecule has 0 aromatic heterocycles. The third-order valence-corrected chi connectivity index (χ3v) is 14.2. The zero-order valence-corrected chi connectivity index (χ0v) is 51.9. The zero-order valence-electron chi connectivity index (χ0n) is 51.9. The average molecular weight is 1100 g/mol. The van der Waals surface area contributed by atoms with Gasteiger partial charge in [-0.15, -0.1) is 0 Å². The molecule has 0 saturated heterocycles. The van der Waals surface area contributed by atoms with E-state index >= 15 is 0 Å². The van der Waals surface area contributed by atoms with Crippen LogP contribution in [0.25, 0.3) is 0 Å². The second-order valence-electron chi connectivity index (χ2n) is 22.0. The van der Waals surface area contributed by atoms with Crippen molar-refractivity contribution in [2.75, 3.05) is 13.2 Å². The monoisotopic (exact) mass is 1100 g/mol. The summed E-state index contributed by atoms with van der Waals surface area (Å²) in [7, 11) is 0. The van der Waals surface area contributed by atoms with Gasteiger partial charge in [-0.25, -0.2) is 0 Å². The lowest BCUT2D eigenvalue weighted by atomic mass is 10.0. The van der Waals surface area contributed by atoms with Gasteiger partial charge in [0, 0.05) is 19.3 Å². The van der Waals surface area contributed by atoms with Crippen LogP contribution in [0.2, 0.25) is 0 Å². The van der Waals surface area contributed by atoms with Crippen molar-refractivity contribution in [2.45, 2.75) is 322 Å². The van der Waals surface area contributed by atoms with Crippen LogP contribution in [-0.2, 0) is 28.6 Å². The normalized spacial score (nSPS) is 12.8. The number of hydrogen-bond acceptors (Lipinski definition) is 6. The molecule has 0 bridgehead atoms. The molecule has 452 valence electrons. The molecule has 6 heteroatoms. The minimum absolute atomic E-state index is 0.0988. The van der Waals surface area contributed by atoms with Crippen molar-refractivity contribution < 1.29 is 28.6 Å². The quantitative estimate of drug-likeness (QED) is 0.0261. The molecule has 6 nitrogen and oxygen atoms in total. The second kappa shape index (κ2) is 66.6. The number of ether oxygens (including phenoxy) is 3. The molecule has 0 N–H and O–H groups in total. The summed E-state index contributed by atoms with van der Waals surface area (Å²) in [6.07, 6.45) is 91.0. The Morgan fingerprint density at radius 2 is 0.506 bits per heavy atom. The number of unbranched alkanes of at least 4 members (excludes halogenated alkanes) is 31. The van der Waals surface area contributed by atoms with E-state index < -0.39 is 6.10 Å². The number of hydrogen-bond donors (Lipinski definition) is 0. The highest BCUT2D eigenvalue weighted by molar-refractivity contribution is 5.71. The number of carbonyl (C=O) groups is 3. The van der Waals surface area contributed by atoms with Crippen molar-refractivity contribution in [1.82, 2.24) is 0 Å². The van der Waals surface area contributed by atoms with E-state index in [0.717, 1.165) is 89.9 Å². The van der Waals surface area contributed by atoms with Gasteiger partial charge in [-0.05, 0) is 122 Å².